The number of nitrogens with zero attached hydrogens (tertiary/aromatic N) is 1. The first-order valence-electron chi connectivity index (χ1n) is 7.84. The lowest BCUT2D eigenvalue weighted by Crippen LogP contribution is -2.02. The van der Waals surface area contributed by atoms with E-state index in [9.17, 15) is 13.9 Å². The van der Waals surface area contributed by atoms with Crippen LogP contribution < -0.4 is 0 Å². The zero-order valence-corrected chi connectivity index (χ0v) is 13.5. The summed E-state index contributed by atoms with van der Waals surface area (Å²) in [7, 11) is 0. The van der Waals surface area contributed by atoms with Gasteiger partial charge in [0.05, 0.1) is 10.7 Å². The summed E-state index contributed by atoms with van der Waals surface area (Å²) in [6.45, 7) is 1.68. The van der Waals surface area contributed by atoms with E-state index in [4.69, 9.17) is 4.74 Å². The summed E-state index contributed by atoms with van der Waals surface area (Å²) in [5, 5.41) is 12.5. The van der Waals surface area contributed by atoms with Crippen LogP contribution in [0.5, 0.6) is 5.75 Å². The molecule has 0 bridgehead atoms. The number of rotatable bonds is 4. The van der Waals surface area contributed by atoms with Crippen molar-refractivity contribution < 1.29 is 18.6 Å². The van der Waals surface area contributed by atoms with Crippen LogP contribution in [0.1, 0.15) is 30.7 Å². The maximum Gasteiger partial charge on any atom is 0.201 e. The first kappa shape index (κ1) is 16.3. The third kappa shape index (κ3) is 3.87. The van der Waals surface area contributed by atoms with Crippen molar-refractivity contribution in [2.75, 3.05) is 13.2 Å². The van der Waals surface area contributed by atoms with Crippen molar-refractivity contribution >= 4 is 11.3 Å². The topological polar surface area (TPSA) is 42.4 Å². The van der Waals surface area contributed by atoms with Crippen molar-refractivity contribution in [1.29, 1.82) is 0 Å². The lowest BCUT2D eigenvalue weighted by Gasteiger charge is -2.11. The third-order valence-corrected chi connectivity index (χ3v) is 5.14. The molecule has 23 heavy (non-hydrogen) atoms. The number of ether oxygens (including phenoxy) is 1. The van der Waals surface area contributed by atoms with Crippen molar-refractivity contribution in [3.05, 3.63) is 34.2 Å². The van der Waals surface area contributed by atoms with E-state index in [-0.39, 0.29) is 5.56 Å². The average Bonchev–Trinajstić information content (AvgIpc) is 2.86. The van der Waals surface area contributed by atoms with Crippen LogP contribution in [0, 0.1) is 17.6 Å². The molecule has 1 aromatic carbocycles. The van der Waals surface area contributed by atoms with Gasteiger partial charge in [-0.25, -0.2) is 9.37 Å². The monoisotopic (exact) mass is 339 g/mol. The predicted molar refractivity (Wildman–Crippen MR) is 85.6 cm³/mol. The fourth-order valence-corrected chi connectivity index (χ4v) is 3.70. The molecule has 1 aromatic heterocycles. The number of aromatic nitrogens is 1. The Kier molecular flexibility index (Phi) is 5.23. The highest BCUT2D eigenvalue weighted by atomic mass is 32.1. The van der Waals surface area contributed by atoms with Crippen LogP contribution in [0.15, 0.2) is 17.5 Å². The van der Waals surface area contributed by atoms with Crippen LogP contribution in [0.3, 0.4) is 0 Å². The summed E-state index contributed by atoms with van der Waals surface area (Å²) in [5.41, 5.74) is 0.722. The predicted octanol–water partition coefficient (Wildman–Crippen LogP) is 4.54. The van der Waals surface area contributed by atoms with Gasteiger partial charge >= 0.3 is 0 Å². The number of thiazole rings is 1. The molecule has 1 unspecified atom stereocenters. The molecule has 124 valence electrons. The van der Waals surface area contributed by atoms with Gasteiger partial charge < -0.3 is 9.84 Å². The first-order valence-corrected chi connectivity index (χ1v) is 8.72. The van der Waals surface area contributed by atoms with Crippen LogP contribution in [-0.4, -0.2) is 23.3 Å². The highest BCUT2D eigenvalue weighted by Crippen LogP contribution is 2.33. The Morgan fingerprint density at radius 1 is 1.26 bits per heavy atom. The van der Waals surface area contributed by atoms with Gasteiger partial charge in [-0.05, 0) is 50.2 Å². The van der Waals surface area contributed by atoms with Crippen LogP contribution in [0.4, 0.5) is 8.78 Å². The minimum Gasteiger partial charge on any atom is -0.504 e. The van der Waals surface area contributed by atoms with E-state index in [1.165, 1.54) is 23.8 Å². The van der Waals surface area contributed by atoms with Gasteiger partial charge in [-0.1, -0.05) is 0 Å². The van der Waals surface area contributed by atoms with E-state index in [0.29, 0.717) is 11.6 Å². The Morgan fingerprint density at radius 3 is 3.00 bits per heavy atom. The summed E-state index contributed by atoms with van der Waals surface area (Å²) in [6, 6.07) is 2.37. The maximum atomic E-state index is 13.5. The van der Waals surface area contributed by atoms with Gasteiger partial charge in [0, 0.05) is 24.2 Å². The van der Waals surface area contributed by atoms with E-state index < -0.39 is 17.4 Å². The van der Waals surface area contributed by atoms with Gasteiger partial charge in [0.1, 0.15) is 0 Å². The zero-order chi connectivity index (χ0) is 16.2. The summed E-state index contributed by atoms with van der Waals surface area (Å²) >= 11 is 1.49. The number of phenolic OH excluding ortho intramolecular Hbond substituents is 1. The minimum atomic E-state index is -1.23. The molecule has 0 radical (unpaired) electrons. The molecule has 1 aliphatic heterocycles. The zero-order valence-electron chi connectivity index (χ0n) is 12.7. The fourth-order valence-electron chi connectivity index (χ4n) is 2.88. The van der Waals surface area contributed by atoms with E-state index in [1.54, 1.807) is 5.38 Å². The second kappa shape index (κ2) is 7.36. The van der Waals surface area contributed by atoms with Crippen molar-refractivity contribution in [3.63, 3.8) is 0 Å². The van der Waals surface area contributed by atoms with Gasteiger partial charge in [-0.3, -0.25) is 0 Å². The molecule has 0 spiro atoms. The van der Waals surface area contributed by atoms with E-state index >= 15 is 0 Å². The first-order chi connectivity index (χ1) is 11.1. The van der Waals surface area contributed by atoms with Crippen LogP contribution in [-0.2, 0) is 11.2 Å². The molecule has 2 aromatic rings. The van der Waals surface area contributed by atoms with Crippen LogP contribution >= 0.6 is 11.3 Å². The number of phenols is 1. The Morgan fingerprint density at radius 2 is 2.13 bits per heavy atom. The molecule has 0 aliphatic carbocycles. The smallest absolute Gasteiger partial charge is 0.201 e. The molecule has 3 nitrogen and oxygen atoms in total. The van der Waals surface area contributed by atoms with Crippen LogP contribution in [0.2, 0.25) is 0 Å². The molecule has 3 rings (SSSR count). The summed E-state index contributed by atoms with van der Waals surface area (Å²) < 4.78 is 32.0. The Hall–Kier alpha value is -1.53. The van der Waals surface area contributed by atoms with Gasteiger partial charge in [-0.2, -0.15) is 4.39 Å². The molecule has 0 amide bonds. The number of benzene rings is 1. The van der Waals surface area contributed by atoms with Crippen molar-refractivity contribution in [3.8, 4) is 17.0 Å². The normalized spacial score (nSPS) is 18.8. The molecule has 0 saturated carbocycles. The quantitative estimate of drug-likeness (QED) is 0.889. The number of hydrogen-bond donors (Lipinski definition) is 1. The Balaban J connectivity index is 1.67. The minimum absolute atomic E-state index is 0.231. The SMILES string of the molecule is Oc1c(-c2csc(CCC3CCCOCC3)n2)ccc(F)c1F. The summed E-state index contributed by atoms with van der Waals surface area (Å²) in [6.07, 6.45) is 5.29. The molecule has 6 heteroatoms. The molecule has 1 aliphatic rings. The molecule has 1 N–H and O–H groups in total. The van der Waals surface area contributed by atoms with Crippen LogP contribution in [0.25, 0.3) is 11.3 Å². The largest absolute Gasteiger partial charge is 0.504 e. The fraction of sp³-hybridized carbons (Fsp3) is 0.471. The molecule has 1 saturated heterocycles. The van der Waals surface area contributed by atoms with Gasteiger partial charge in [0.15, 0.2) is 11.6 Å². The second-order valence-corrected chi connectivity index (χ2v) is 6.77. The van der Waals surface area contributed by atoms with Gasteiger partial charge in [-0.15, -0.1) is 11.3 Å². The maximum absolute atomic E-state index is 13.5. The third-order valence-electron chi connectivity index (χ3n) is 4.23. The number of hydrogen-bond acceptors (Lipinski definition) is 4. The van der Waals surface area contributed by atoms with Crippen molar-refractivity contribution in [2.24, 2.45) is 5.92 Å². The van der Waals surface area contributed by atoms with Gasteiger partial charge in [0.25, 0.3) is 0 Å². The second-order valence-electron chi connectivity index (χ2n) is 5.83. The average molecular weight is 339 g/mol. The van der Waals surface area contributed by atoms with E-state index in [1.807, 2.05) is 0 Å². The molecular formula is C17H19F2NO2S. The highest BCUT2D eigenvalue weighted by Gasteiger charge is 2.17. The molecule has 1 fully saturated rings. The molecule has 1 atom stereocenters. The molecular weight excluding hydrogens is 320 g/mol. The lowest BCUT2D eigenvalue weighted by atomic mass is 9.95. The Labute approximate surface area is 138 Å². The number of aromatic hydroxyl groups is 1. The highest BCUT2D eigenvalue weighted by molar-refractivity contribution is 7.09. The van der Waals surface area contributed by atoms with Crippen molar-refractivity contribution in [2.45, 2.75) is 32.1 Å². The van der Waals surface area contributed by atoms with E-state index in [0.717, 1.165) is 50.0 Å². The van der Waals surface area contributed by atoms with Crippen molar-refractivity contribution in [1.82, 2.24) is 4.98 Å². The van der Waals surface area contributed by atoms with Gasteiger partial charge in [0.2, 0.25) is 5.82 Å². The molecule has 2 heterocycles. The standard InChI is InChI=1S/C17H19F2NO2S/c18-13-5-4-12(17(21)16(13)19)14-10-23-15(20-14)6-3-11-2-1-8-22-9-7-11/h4-5,10-11,21H,1-3,6-9H2. The summed E-state index contributed by atoms with van der Waals surface area (Å²) in [5.74, 6) is -2.31. The number of halogens is 2. The summed E-state index contributed by atoms with van der Waals surface area (Å²) in [4.78, 5) is 4.46. The lowest BCUT2D eigenvalue weighted by molar-refractivity contribution is 0.141. The number of aryl methyl sites for hydroxylation is 1. The van der Waals surface area contributed by atoms with E-state index in [2.05, 4.69) is 4.98 Å². The Bertz CT molecular complexity index is 667.